The first kappa shape index (κ1) is 23.8. The number of amidine groups is 1. The Balaban J connectivity index is 0.000000174. The molecule has 36 heavy (non-hydrogen) atoms. The molecule has 3 aromatic rings. The minimum Gasteiger partial charge on any atom is -0.487 e. The molecule has 8 nitrogen and oxygen atoms in total. The van der Waals surface area contributed by atoms with Gasteiger partial charge < -0.3 is 25.3 Å². The summed E-state index contributed by atoms with van der Waals surface area (Å²) in [5, 5.41) is 2.67. The summed E-state index contributed by atoms with van der Waals surface area (Å²) in [7, 11) is 0. The SMILES string of the molecule is CC1(C)Oc2ccc(NC=O)cc2C2(COC(N)=N2)C12COC2.Cc1ccc(-c2ccccc2)cn1. The van der Waals surface area contributed by atoms with Crippen molar-refractivity contribution >= 4 is 18.1 Å². The van der Waals surface area contributed by atoms with Gasteiger partial charge in [0.15, 0.2) is 0 Å². The van der Waals surface area contributed by atoms with Crippen molar-refractivity contribution in [2.24, 2.45) is 16.1 Å². The average molecular weight is 487 g/mol. The third-order valence-electron chi connectivity index (χ3n) is 7.41. The maximum absolute atomic E-state index is 10.8. The molecule has 186 valence electrons. The summed E-state index contributed by atoms with van der Waals surface area (Å²) in [5.74, 6) is 0.728. The van der Waals surface area contributed by atoms with Crippen LogP contribution < -0.4 is 15.8 Å². The fraction of sp³-hybridized carbons (Fsp3) is 0.321. The first-order valence-corrected chi connectivity index (χ1v) is 11.9. The number of pyridine rings is 1. The van der Waals surface area contributed by atoms with Gasteiger partial charge in [-0.1, -0.05) is 36.4 Å². The zero-order valence-electron chi connectivity index (χ0n) is 20.7. The molecular formula is C28H30N4O4. The van der Waals surface area contributed by atoms with Crippen molar-refractivity contribution < 1.29 is 19.0 Å². The molecule has 1 saturated heterocycles. The summed E-state index contributed by atoms with van der Waals surface area (Å²) >= 11 is 0. The van der Waals surface area contributed by atoms with Crippen LogP contribution in [0.1, 0.15) is 25.1 Å². The van der Waals surface area contributed by atoms with Crippen molar-refractivity contribution in [2.45, 2.75) is 31.9 Å². The number of aliphatic imine (C=N–C) groups is 1. The van der Waals surface area contributed by atoms with Crippen molar-refractivity contribution in [1.29, 1.82) is 0 Å². The molecule has 1 atom stereocenters. The molecule has 1 fully saturated rings. The molecule has 2 spiro atoms. The van der Waals surface area contributed by atoms with Crippen molar-refractivity contribution in [2.75, 3.05) is 25.1 Å². The number of ether oxygens (including phenoxy) is 3. The van der Waals surface area contributed by atoms with Gasteiger partial charge in [0, 0.05) is 28.7 Å². The van der Waals surface area contributed by atoms with Crippen LogP contribution in [0.25, 0.3) is 11.1 Å². The number of nitrogens with one attached hydrogen (secondary N) is 1. The van der Waals surface area contributed by atoms with Gasteiger partial charge in [-0.3, -0.25) is 9.78 Å². The summed E-state index contributed by atoms with van der Waals surface area (Å²) in [5.41, 5.74) is 9.32. The number of anilines is 1. The molecule has 3 aliphatic heterocycles. The van der Waals surface area contributed by atoms with Crippen molar-refractivity contribution in [3.8, 4) is 16.9 Å². The molecule has 1 aromatic heterocycles. The zero-order chi connectivity index (χ0) is 25.4. The summed E-state index contributed by atoms with van der Waals surface area (Å²) in [6.07, 6.45) is 2.55. The number of nitrogens with two attached hydrogens (primary N) is 1. The van der Waals surface area contributed by atoms with Crippen molar-refractivity contribution in [1.82, 2.24) is 4.98 Å². The van der Waals surface area contributed by atoms with E-state index in [1.54, 1.807) is 6.07 Å². The summed E-state index contributed by atoms with van der Waals surface area (Å²) < 4.78 is 17.4. The number of aromatic nitrogens is 1. The maximum Gasteiger partial charge on any atom is 0.283 e. The van der Waals surface area contributed by atoms with Crippen molar-refractivity contribution in [3.05, 3.63) is 78.1 Å². The number of nitrogens with zero attached hydrogens (tertiary/aromatic N) is 2. The topological polar surface area (TPSA) is 108 Å². The predicted molar refractivity (Wildman–Crippen MR) is 138 cm³/mol. The first-order valence-electron chi connectivity index (χ1n) is 11.9. The number of amides is 1. The second kappa shape index (κ2) is 8.95. The molecule has 3 N–H and O–H groups in total. The van der Waals surface area contributed by atoms with Crippen LogP contribution in [-0.4, -0.2) is 42.8 Å². The molecule has 2 aromatic carbocycles. The predicted octanol–water partition coefficient (Wildman–Crippen LogP) is 4.04. The number of hydrogen-bond acceptors (Lipinski definition) is 7. The molecular weight excluding hydrogens is 456 g/mol. The highest BCUT2D eigenvalue weighted by molar-refractivity contribution is 5.77. The number of carbonyl (C=O) groups is 1. The standard InChI is InChI=1S/C16H19N3O4.C12H11N/c1-14(2)15(6-21-7-15)16(8-22-13(17)19-16)11-5-10(18-9-20)3-4-12(11)23-14;1-10-7-8-12(9-13-10)11-5-3-2-4-6-11/h3-5,9H,6-8H2,1-2H3,(H2,17,19)(H,18,20);2-9H,1H3. The summed E-state index contributed by atoms with van der Waals surface area (Å²) in [4.78, 5) is 19.7. The quantitative estimate of drug-likeness (QED) is 0.541. The Morgan fingerprint density at radius 2 is 1.78 bits per heavy atom. The van der Waals surface area contributed by atoms with Crippen LogP contribution in [0.2, 0.25) is 0 Å². The Morgan fingerprint density at radius 3 is 2.36 bits per heavy atom. The van der Waals surface area contributed by atoms with E-state index in [0.29, 0.717) is 31.9 Å². The molecule has 0 aliphatic carbocycles. The molecule has 1 amide bonds. The van der Waals surface area contributed by atoms with Gasteiger partial charge in [0.2, 0.25) is 6.41 Å². The zero-order valence-corrected chi connectivity index (χ0v) is 20.7. The number of fused-ring (bicyclic) bond motifs is 3. The Bertz CT molecular complexity index is 1290. The number of benzene rings is 2. The first-order chi connectivity index (χ1) is 17.3. The summed E-state index contributed by atoms with van der Waals surface area (Å²) in [6.45, 7) is 7.46. The van der Waals surface area contributed by atoms with Gasteiger partial charge in [-0.15, -0.1) is 0 Å². The second-order valence-electron chi connectivity index (χ2n) is 9.81. The fourth-order valence-electron chi connectivity index (χ4n) is 5.20. The van der Waals surface area contributed by atoms with Gasteiger partial charge in [0.25, 0.3) is 6.02 Å². The average Bonchev–Trinajstić information content (AvgIpc) is 3.22. The molecule has 4 heterocycles. The molecule has 1 unspecified atom stereocenters. The monoisotopic (exact) mass is 486 g/mol. The lowest BCUT2D eigenvalue weighted by Crippen LogP contribution is -2.71. The maximum atomic E-state index is 10.8. The van der Waals surface area contributed by atoms with Gasteiger partial charge in [-0.05, 0) is 50.6 Å². The number of rotatable bonds is 3. The van der Waals surface area contributed by atoms with Gasteiger partial charge >= 0.3 is 0 Å². The Labute approximate surface area is 210 Å². The van der Waals surface area contributed by atoms with Crippen LogP contribution in [0.5, 0.6) is 5.75 Å². The van der Waals surface area contributed by atoms with Gasteiger partial charge in [-0.2, -0.15) is 0 Å². The Morgan fingerprint density at radius 1 is 1.00 bits per heavy atom. The van der Waals surface area contributed by atoms with E-state index < -0.39 is 11.1 Å². The number of aryl methyl sites for hydroxylation is 1. The summed E-state index contributed by atoms with van der Waals surface area (Å²) in [6, 6.07) is 20.1. The number of hydrogen-bond donors (Lipinski definition) is 2. The smallest absolute Gasteiger partial charge is 0.283 e. The molecule has 8 heteroatoms. The Hall–Kier alpha value is -3.91. The number of carbonyl (C=O) groups excluding carboxylic acids is 1. The van der Waals surface area contributed by atoms with E-state index in [1.807, 2.05) is 63.4 Å². The van der Waals surface area contributed by atoms with Crippen LogP contribution >= 0.6 is 0 Å². The van der Waals surface area contributed by atoms with Crippen LogP contribution in [0.15, 0.2) is 71.9 Å². The van der Waals surface area contributed by atoms with Gasteiger partial charge in [0.05, 0.1) is 18.6 Å². The van der Waals surface area contributed by atoms with E-state index in [4.69, 9.17) is 19.9 Å². The molecule has 3 aliphatic rings. The van der Waals surface area contributed by atoms with E-state index in [2.05, 4.69) is 33.5 Å². The Kier molecular flexibility index (Phi) is 5.92. The van der Waals surface area contributed by atoms with E-state index in [9.17, 15) is 4.79 Å². The third kappa shape index (κ3) is 3.78. The highest BCUT2D eigenvalue weighted by atomic mass is 16.5. The van der Waals surface area contributed by atoms with Crippen LogP contribution in [0.3, 0.4) is 0 Å². The van der Waals surface area contributed by atoms with Gasteiger partial charge in [0.1, 0.15) is 23.5 Å². The highest BCUT2D eigenvalue weighted by Crippen LogP contribution is 2.62. The van der Waals surface area contributed by atoms with Crippen molar-refractivity contribution in [3.63, 3.8) is 0 Å². The van der Waals surface area contributed by atoms with Crippen LogP contribution in [0, 0.1) is 12.3 Å². The molecule has 6 rings (SSSR count). The molecule has 0 saturated carbocycles. The fourth-order valence-corrected chi connectivity index (χ4v) is 5.20. The van der Waals surface area contributed by atoms with Gasteiger partial charge in [-0.25, -0.2) is 4.99 Å². The molecule has 0 radical (unpaired) electrons. The lowest BCUT2D eigenvalue weighted by atomic mass is 9.55. The lowest BCUT2D eigenvalue weighted by Gasteiger charge is -2.61. The molecule has 0 bridgehead atoms. The van der Waals surface area contributed by atoms with Crippen LogP contribution in [0.4, 0.5) is 5.69 Å². The highest BCUT2D eigenvalue weighted by Gasteiger charge is 2.71. The van der Waals surface area contributed by atoms with E-state index in [-0.39, 0.29) is 11.4 Å². The third-order valence-corrected chi connectivity index (χ3v) is 7.41. The van der Waals surface area contributed by atoms with E-state index in [0.717, 1.165) is 17.0 Å². The van der Waals surface area contributed by atoms with E-state index >= 15 is 0 Å². The van der Waals surface area contributed by atoms with Crippen LogP contribution in [-0.2, 0) is 19.8 Å². The lowest BCUT2D eigenvalue weighted by molar-refractivity contribution is -0.247. The second-order valence-corrected chi connectivity index (χ2v) is 9.81. The normalized spacial score (nSPS) is 22.1. The minimum absolute atomic E-state index is 0.175. The van der Waals surface area contributed by atoms with E-state index in [1.165, 1.54) is 11.1 Å². The minimum atomic E-state index is -0.674. The largest absolute Gasteiger partial charge is 0.487 e.